The van der Waals surface area contributed by atoms with Crippen LogP contribution in [0.3, 0.4) is 0 Å². The molecule has 0 atom stereocenters. The SMILES string of the molecule is CCC(C)(C)CNc1nccc(-c2c(-c3ccc(F)cc3)nc3c(OC(C)C)nccn23)n1. The van der Waals surface area contributed by atoms with Gasteiger partial charge in [0.25, 0.3) is 5.88 Å². The van der Waals surface area contributed by atoms with E-state index in [1.807, 2.05) is 30.5 Å². The first-order chi connectivity index (χ1) is 15.8. The molecule has 172 valence electrons. The van der Waals surface area contributed by atoms with Gasteiger partial charge < -0.3 is 10.1 Å². The van der Waals surface area contributed by atoms with Crippen LogP contribution in [0.4, 0.5) is 10.3 Å². The van der Waals surface area contributed by atoms with Crippen molar-refractivity contribution >= 4 is 11.6 Å². The number of hydrogen-bond acceptors (Lipinski definition) is 6. The van der Waals surface area contributed by atoms with Crippen molar-refractivity contribution in [3.05, 3.63) is 54.7 Å². The van der Waals surface area contributed by atoms with E-state index in [0.29, 0.717) is 28.9 Å². The maximum atomic E-state index is 13.6. The molecule has 1 N–H and O–H groups in total. The maximum Gasteiger partial charge on any atom is 0.258 e. The molecule has 0 aliphatic rings. The zero-order valence-electron chi connectivity index (χ0n) is 19.6. The molecular formula is C25H29FN6O. The zero-order valence-corrected chi connectivity index (χ0v) is 19.6. The van der Waals surface area contributed by atoms with Crippen LogP contribution >= 0.6 is 0 Å². The van der Waals surface area contributed by atoms with E-state index in [0.717, 1.165) is 24.2 Å². The second-order valence-corrected chi connectivity index (χ2v) is 9.05. The fourth-order valence-corrected chi connectivity index (χ4v) is 3.33. The molecule has 0 aliphatic carbocycles. The molecule has 0 amide bonds. The molecule has 0 saturated carbocycles. The molecule has 1 aromatic carbocycles. The Morgan fingerprint density at radius 2 is 1.82 bits per heavy atom. The Morgan fingerprint density at radius 1 is 1.06 bits per heavy atom. The van der Waals surface area contributed by atoms with E-state index in [1.165, 1.54) is 12.1 Å². The van der Waals surface area contributed by atoms with Crippen molar-refractivity contribution in [2.75, 3.05) is 11.9 Å². The lowest BCUT2D eigenvalue weighted by Crippen LogP contribution is -2.23. The van der Waals surface area contributed by atoms with E-state index in [9.17, 15) is 4.39 Å². The summed E-state index contributed by atoms with van der Waals surface area (Å²) < 4.78 is 21.4. The molecule has 0 fully saturated rings. The van der Waals surface area contributed by atoms with Crippen LogP contribution in [0.5, 0.6) is 5.88 Å². The summed E-state index contributed by atoms with van der Waals surface area (Å²) in [5.74, 6) is 0.669. The highest BCUT2D eigenvalue weighted by Gasteiger charge is 2.22. The van der Waals surface area contributed by atoms with Gasteiger partial charge in [-0.25, -0.2) is 24.3 Å². The van der Waals surface area contributed by atoms with Gasteiger partial charge in [0.1, 0.15) is 5.82 Å². The molecule has 0 spiro atoms. The van der Waals surface area contributed by atoms with Crippen molar-refractivity contribution in [1.82, 2.24) is 24.3 Å². The normalized spacial score (nSPS) is 11.8. The van der Waals surface area contributed by atoms with Crippen molar-refractivity contribution in [3.8, 4) is 28.5 Å². The Morgan fingerprint density at radius 3 is 2.52 bits per heavy atom. The van der Waals surface area contributed by atoms with Gasteiger partial charge in [0.15, 0.2) is 0 Å². The third-order valence-electron chi connectivity index (χ3n) is 5.56. The summed E-state index contributed by atoms with van der Waals surface area (Å²) in [6, 6.07) is 8.11. The predicted octanol–water partition coefficient (Wildman–Crippen LogP) is 5.63. The molecule has 33 heavy (non-hydrogen) atoms. The van der Waals surface area contributed by atoms with E-state index in [2.05, 4.69) is 36.1 Å². The minimum atomic E-state index is -0.304. The van der Waals surface area contributed by atoms with Crippen LogP contribution in [-0.2, 0) is 0 Å². The van der Waals surface area contributed by atoms with Gasteiger partial charge >= 0.3 is 0 Å². The average molecular weight is 449 g/mol. The van der Waals surface area contributed by atoms with Gasteiger partial charge in [-0.15, -0.1) is 0 Å². The molecule has 7 nitrogen and oxygen atoms in total. The zero-order chi connectivity index (χ0) is 23.6. The number of nitrogens with zero attached hydrogens (tertiary/aromatic N) is 5. The van der Waals surface area contributed by atoms with Crippen molar-refractivity contribution in [2.45, 2.75) is 47.1 Å². The Balaban J connectivity index is 1.86. The maximum absolute atomic E-state index is 13.6. The molecule has 4 rings (SSSR count). The van der Waals surface area contributed by atoms with Gasteiger partial charge in [-0.1, -0.05) is 20.8 Å². The second-order valence-electron chi connectivity index (χ2n) is 9.05. The molecule has 0 aliphatic heterocycles. The summed E-state index contributed by atoms with van der Waals surface area (Å²) in [7, 11) is 0. The first-order valence-corrected chi connectivity index (χ1v) is 11.1. The van der Waals surface area contributed by atoms with Gasteiger partial charge in [0.2, 0.25) is 11.6 Å². The minimum absolute atomic E-state index is 0.0603. The summed E-state index contributed by atoms with van der Waals surface area (Å²) >= 11 is 0. The number of hydrogen-bond donors (Lipinski definition) is 1. The largest absolute Gasteiger partial charge is 0.472 e. The van der Waals surface area contributed by atoms with Gasteiger partial charge in [0, 0.05) is 30.7 Å². The topological polar surface area (TPSA) is 77.2 Å². The summed E-state index contributed by atoms with van der Waals surface area (Å²) in [6.07, 6.45) is 6.20. The third kappa shape index (κ3) is 4.94. The highest BCUT2D eigenvalue weighted by molar-refractivity contribution is 5.81. The quantitative estimate of drug-likeness (QED) is 0.377. The lowest BCUT2D eigenvalue weighted by atomic mass is 9.90. The van der Waals surface area contributed by atoms with Crippen molar-refractivity contribution in [3.63, 3.8) is 0 Å². The van der Waals surface area contributed by atoms with E-state index in [1.54, 1.807) is 24.5 Å². The minimum Gasteiger partial charge on any atom is -0.472 e. The molecular weight excluding hydrogens is 419 g/mol. The van der Waals surface area contributed by atoms with Gasteiger partial charge in [-0.2, -0.15) is 0 Å². The first kappa shape index (κ1) is 22.6. The number of aromatic nitrogens is 5. The second kappa shape index (κ2) is 9.13. The molecule has 4 aromatic rings. The lowest BCUT2D eigenvalue weighted by molar-refractivity contribution is 0.234. The van der Waals surface area contributed by atoms with Crippen molar-refractivity contribution < 1.29 is 9.13 Å². The molecule has 0 unspecified atom stereocenters. The van der Waals surface area contributed by atoms with Crippen molar-refractivity contribution in [1.29, 1.82) is 0 Å². The number of fused-ring (bicyclic) bond motifs is 1. The Bertz CT molecular complexity index is 1250. The molecule has 3 aromatic heterocycles. The van der Waals surface area contributed by atoms with Gasteiger partial charge in [-0.05, 0) is 56.0 Å². The number of anilines is 1. The van der Waals surface area contributed by atoms with Crippen LogP contribution in [0.2, 0.25) is 0 Å². The fourth-order valence-electron chi connectivity index (χ4n) is 3.33. The number of halogens is 1. The van der Waals surface area contributed by atoms with Crippen LogP contribution in [0.25, 0.3) is 28.3 Å². The number of ether oxygens (including phenoxy) is 1. The van der Waals surface area contributed by atoms with Crippen LogP contribution in [-0.4, -0.2) is 37.0 Å². The fraction of sp³-hybridized carbons (Fsp3) is 0.360. The molecule has 0 radical (unpaired) electrons. The van der Waals surface area contributed by atoms with Gasteiger partial charge in [0.05, 0.1) is 23.2 Å². The smallest absolute Gasteiger partial charge is 0.258 e. The van der Waals surface area contributed by atoms with Crippen LogP contribution < -0.4 is 10.1 Å². The Kier molecular flexibility index (Phi) is 6.26. The summed E-state index contributed by atoms with van der Waals surface area (Å²) in [5, 5.41) is 3.35. The Hall–Kier alpha value is -3.55. The number of nitrogens with one attached hydrogen (secondary N) is 1. The van der Waals surface area contributed by atoms with E-state index in [-0.39, 0.29) is 17.3 Å². The lowest BCUT2D eigenvalue weighted by Gasteiger charge is -2.22. The molecule has 0 saturated heterocycles. The van der Waals surface area contributed by atoms with Crippen LogP contribution in [0.1, 0.15) is 41.0 Å². The molecule has 8 heteroatoms. The van der Waals surface area contributed by atoms with E-state index in [4.69, 9.17) is 14.7 Å². The van der Waals surface area contributed by atoms with Gasteiger partial charge in [-0.3, -0.25) is 4.40 Å². The first-order valence-electron chi connectivity index (χ1n) is 11.1. The van der Waals surface area contributed by atoms with Crippen molar-refractivity contribution in [2.24, 2.45) is 5.41 Å². The van der Waals surface area contributed by atoms with Crippen LogP contribution in [0.15, 0.2) is 48.9 Å². The molecule has 0 bridgehead atoms. The van der Waals surface area contributed by atoms with Crippen LogP contribution in [0, 0.1) is 11.2 Å². The highest BCUT2D eigenvalue weighted by atomic mass is 19.1. The van der Waals surface area contributed by atoms with E-state index < -0.39 is 0 Å². The monoisotopic (exact) mass is 448 g/mol. The summed E-state index contributed by atoms with van der Waals surface area (Å²) in [6.45, 7) is 11.2. The average Bonchev–Trinajstić information content (AvgIpc) is 3.19. The predicted molar refractivity (Wildman–Crippen MR) is 128 cm³/mol. The number of imidazole rings is 1. The number of rotatable bonds is 8. The standard InChI is InChI=1S/C25H29FN6O/c1-6-25(4,5)15-29-24-28-12-11-19(30-24)21-20(17-7-9-18(26)10-8-17)31-22-23(33-16(2)3)27-13-14-32(21)22/h7-14,16H,6,15H2,1-5H3,(H,28,29,30). The highest BCUT2D eigenvalue weighted by Crippen LogP contribution is 2.34. The summed E-state index contributed by atoms with van der Waals surface area (Å²) in [4.78, 5) is 18.4. The van der Waals surface area contributed by atoms with E-state index >= 15 is 0 Å². The third-order valence-corrected chi connectivity index (χ3v) is 5.56. The number of benzene rings is 1. The molecule has 3 heterocycles. The Labute approximate surface area is 193 Å². The summed E-state index contributed by atoms with van der Waals surface area (Å²) in [5.41, 5.74) is 3.57.